The topological polar surface area (TPSA) is 39.2 Å². The van der Waals surface area contributed by atoms with Gasteiger partial charge in [-0.2, -0.15) is 0 Å². The van der Waals surface area contributed by atoms with Crippen molar-refractivity contribution in [3.05, 3.63) is 70.7 Å². The fourth-order valence-electron chi connectivity index (χ4n) is 3.08. The Morgan fingerprint density at radius 3 is 2.33 bits per heavy atom. The zero-order valence-corrected chi connectivity index (χ0v) is 12.8. The molecule has 0 fully saturated rings. The first-order valence-electron chi connectivity index (χ1n) is 7.36. The molecule has 0 aliphatic carbocycles. The van der Waals surface area contributed by atoms with E-state index in [-0.39, 0.29) is 6.04 Å². The molecule has 0 saturated carbocycles. The Labute approximate surface area is 125 Å². The zero-order chi connectivity index (χ0) is 15.0. The van der Waals surface area contributed by atoms with Gasteiger partial charge in [-0.1, -0.05) is 42.5 Å². The Kier molecular flexibility index (Phi) is 3.56. The van der Waals surface area contributed by atoms with Crippen molar-refractivity contribution >= 4 is 10.8 Å². The Morgan fingerprint density at radius 1 is 0.952 bits per heavy atom. The van der Waals surface area contributed by atoms with Gasteiger partial charge in [0, 0.05) is 11.6 Å². The van der Waals surface area contributed by atoms with Crippen molar-refractivity contribution in [3.63, 3.8) is 0 Å². The molecule has 0 aliphatic rings. The molecule has 2 aromatic carbocycles. The van der Waals surface area contributed by atoms with Crippen LogP contribution >= 0.6 is 0 Å². The number of furan rings is 1. The van der Waals surface area contributed by atoms with Crippen LogP contribution in [0.5, 0.6) is 0 Å². The highest BCUT2D eigenvalue weighted by Crippen LogP contribution is 2.28. The quantitative estimate of drug-likeness (QED) is 0.761. The highest BCUT2D eigenvalue weighted by molar-refractivity contribution is 5.83. The number of hydrogen-bond donors (Lipinski definition) is 1. The molecule has 0 bridgehead atoms. The largest absolute Gasteiger partial charge is 0.466 e. The molecule has 3 rings (SSSR count). The summed E-state index contributed by atoms with van der Waals surface area (Å²) in [5.74, 6) is 1.91. The van der Waals surface area contributed by atoms with E-state index in [1.54, 1.807) is 0 Å². The van der Waals surface area contributed by atoms with Gasteiger partial charge in [-0.05, 0) is 49.1 Å². The molecule has 1 atom stereocenters. The van der Waals surface area contributed by atoms with Crippen LogP contribution in [0.4, 0.5) is 0 Å². The monoisotopic (exact) mass is 279 g/mol. The third kappa shape index (κ3) is 2.59. The van der Waals surface area contributed by atoms with Crippen molar-refractivity contribution in [2.24, 2.45) is 5.73 Å². The van der Waals surface area contributed by atoms with E-state index in [1.165, 1.54) is 21.9 Å². The maximum atomic E-state index is 6.43. The van der Waals surface area contributed by atoms with Gasteiger partial charge in [0.25, 0.3) is 0 Å². The van der Waals surface area contributed by atoms with Gasteiger partial charge in [-0.25, -0.2) is 0 Å². The fraction of sp³-hybridized carbons (Fsp3) is 0.263. The van der Waals surface area contributed by atoms with E-state index >= 15 is 0 Å². The summed E-state index contributed by atoms with van der Waals surface area (Å²) in [5.41, 5.74) is 10.0. The lowest BCUT2D eigenvalue weighted by molar-refractivity contribution is 0.496. The van der Waals surface area contributed by atoms with Crippen molar-refractivity contribution in [2.75, 3.05) is 0 Å². The van der Waals surface area contributed by atoms with Gasteiger partial charge < -0.3 is 10.2 Å². The molecule has 0 saturated heterocycles. The lowest BCUT2D eigenvalue weighted by atomic mass is 9.95. The third-order valence-electron chi connectivity index (χ3n) is 4.26. The average molecular weight is 279 g/mol. The van der Waals surface area contributed by atoms with E-state index in [4.69, 9.17) is 10.2 Å². The maximum absolute atomic E-state index is 6.43. The Hall–Kier alpha value is -2.06. The molecule has 2 nitrogen and oxygen atoms in total. The number of fused-ring (bicyclic) bond motifs is 1. The standard InChI is InChI=1S/C19H21NO/c1-12-13(2)21-14(3)19(12)18(20)11-15-8-9-16-6-4-5-7-17(16)10-15/h4-10,18H,11,20H2,1-3H3. The first kappa shape index (κ1) is 13.9. The Bertz CT molecular complexity index is 785. The van der Waals surface area contributed by atoms with Crippen LogP contribution in [-0.4, -0.2) is 0 Å². The average Bonchev–Trinajstić information content (AvgIpc) is 2.72. The predicted octanol–water partition coefficient (Wildman–Crippen LogP) is 4.60. The number of benzene rings is 2. The smallest absolute Gasteiger partial charge is 0.106 e. The molecule has 0 aliphatic heterocycles. The van der Waals surface area contributed by atoms with Crippen molar-refractivity contribution < 1.29 is 4.42 Å². The van der Waals surface area contributed by atoms with E-state index in [9.17, 15) is 0 Å². The molecular formula is C19H21NO. The second-order valence-electron chi connectivity index (χ2n) is 5.75. The molecule has 2 N–H and O–H groups in total. The summed E-state index contributed by atoms with van der Waals surface area (Å²) in [6, 6.07) is 14.9. The van der Waals surface area contributed by atoms with E-state index in [2.05, 4.69) is 49.4 Å². The van der Waals surface area contributed by atoms with Crippen LogP contribution < -0.4 is 5.73 Å². The Morgan fingerprint density at radius 2 is 1.67 bits per heavy atom. The van der Waals surface area contributed by atoms with Crippen LogP contribution in [-0.2, 0) is 6.42 Å². The van der Waals surface area contributed by atoms with Gasteiger partial charge in [-0.3, -0.25) is 0 Å². The minimum atomic E-state index is -0.0244. The lowest BCUT2D eigenvalue weighted by Crippen LogP contribution is -2.14. The number of rotatable bonds is 3. The van der Waals surface area contributed by atoms with Gasteiger partial charge in [0.1, 0.15) is 11.5 Å². The number of nitrogens with two attached hydrogens (primary N) is 1. The molecule has 1 unspecified atom stereocenters. The summed E-state index contributed by atoms with van der Waals surface area (Å²) in [7, 11) is 0. The van der Waals surface area contributed by atoms with E-state index in [0.29, 0.717) is 0 Å². The first-order chi connectivity index (χ1) is 10.1. The molecule has 2 heteroatoms. The summed E-state index contributed by atoms with van der Waals surface area (Å²) >= 11 is 0. The molecular weight excluding hydrogens is 258 g/mol. The summed E-state index contributed by atoms with van der Waals surface area (Å²) in [5, 5.41) is 2.53. The number of aryl methyl sites for hydroxylation is 2. The van der Waals surface area contributed by atoms with Crippen LogP contribution in [0.1, 0.15) is 34.3 Å². The van der Waals surface area contributed by atoms with Crippen molar-refractivity contribution in [1.29, 1.82) is 0 Å². The normalized spacial score (nSPS) is 12.8. The predicted molar refractivity (Wildman–Crippen MR) is 87.5 cm³/mol. The summed E-state index contributed by atoms with van der Waals surface area (Å²) in [6.45, 7) is 6.07. The Balaban J connectivity index is 1.90. The zero-order valence-electron chi connectivity index (χ0n) is 12.8. The van der Waals surface area contributed by atoms with Gasteiger partial charge >= 0.3 is 0 Å². The molecule has 108 valence electrons. The first-order valence-corrected chi connectivity index (χ1v) is 7.36. The van der Waals surface area contributed by atoms with Crippen LogP contribution in [0, 0.1) is 20.8 Å². The van der Waals surface area contributed by atoms with Gasteiger partial charge in [0.05, 0.1) is 0 Å². The van der Waals surface area contributed by atoms with Gasteiger partial charge in [-0.15, -0.1) is 0 Å². The lowest BCUT2D eigenvalue weighted by Gasteiger charge is -2.13. The third-order valence-corrected chi connectivity index (χ3v) is 4.26. The second-order valence-corrected chi connectivity index (χ2v) is 5.75. The molecule has 0 radical (unpaired) electrons. The molecule has 3 aromatic rings. The van der Waals surface area contributed by atoms with Crippen molar-refractivity contribution in [2.45, 2.75) is 33.2 Å². The van der Waals surface area contributed by atoms with E-state index in [1.807, 2.05) is 13.8 Å². The number of hydrogen-bond acceptors (Lipinski definition) is 2. The van der Waals surface area contributed by atoms with Crippen molar-refractivity contribution in [1.82, 2.24) is 0 Å². The van der Waals surface area contributed by atoms with Crippen LogP contribution in [0.25, 0.3) is 10.8 Å². The van der Waals surface area contributed by atoms with E-state index < -0.39 is 0 Å². The second kappa shape index (κ2) is 5.38. The summed E-state index contributed by atoms with van der Waals surface area (Å²) in [4.78, 5) is 0. The minimum Gasteiger partial charge on any atom is -0.466 e. The van der Waals surface area contributed by atoms with Gasteiger partial charge in [0.15, 0.2) is 0 Å². The highest BCUT2D eigenvalue weighted by atomic mass is 16.3. The summed E-state index contributed by atoms with van der Waals surface area (Å²) in [6.07, 6.45) is 0.825. The minimum absolute atomic E-state index is 0.0244. The molecule has 1 aromatic heterocycles. The molecule has 1 heterocycles. The van der Waals surface area contributed by atoms with E-state index in [0.717, 1.165) is 23.5 Å². The SMILES string of the molecule is Cc1oc(C)c(C(N)Cc2ccc3ccccc3c2)c1C. The maximum Gasteiger partial charge on any atom is 0.106 e. The van der Waals surface area contributed by atoms with Gasteiger partial charge in [0.2, 0.25) is 0 Å². The summed E-state index contributed by atoms with van der Waals surface area (Å²) < 4.78 is 5.69. The molecule has 0 spiro atoms. The molecule has 21 heavy (non-hydrogen) atoms. The van der Waals surface area contributed by atoms with Crippen LogP contribution in [0.15, 0.2) is 46.9 Å². The molecule has 0 amide bonds. The fourth-order valence-corrected chi connectivity index (χ4v) is 3.08. The van der Waals surface area contributed by atoms with Crippen LogP contribution in [0.3, 0.4) is 0 Å². The van der Waals surface area contributed by atoms with Crippen molar-refractivity contribution in [3.8, 4) is 0 Å². The highest BCUT2D eigenvalue weighted by Gasteiger charge is 2.18. The van der Waals surface area contributed by atoms with Crippen LogP contribution in [0.2, 0.25) is 0 Å².